The first-order valence-electron chi connectivity index (χ1n) is 22.7. The zero-order valence-corrected chi connectivity index (χ0v) is 36.3. The molecule has 2 heteroatoms. The Bertz CT molecular complexity index is 3660. The highest BCUT2D eigenvalue weighted by molar-refractivity contribution is 6.16. The molecule has 1 aromatic heterocycles. The van der Waals surface area contributed by atoms with Gasteiger partial charge >= 0.3 is 0 Å². The number of anilines is 3. The van der Waals surface area contributed by atoms with Crippen LogP contribution < -0.4 is 4.90 Å². The van der Waals surface area contributed by atoms with Gasteiger partial charge in [-0.1, -0.05) is 200 Å². The smallest absolute Gasteiger partial charge is 0.0547 e. The zero-order valence-electron chi connectivity index (χ0n) is 36.3. The molecule has 0 saturated carbocycles. The third kappa shape index (κ3) is 7.12. The van der Waals surface area contributed by atoms with Crippen molar-refractivity contribution in [3.63, 3.8) is 0 Å². The van der Waals surface area contributed by atoms with Crippen molar-refractivity contribution in [1.82, 2.24) is 4.57 Å². The second-order valence-corrected chi connectivity index (χ2v) is 16.9. The number of fused-ring (bicyclic) bond motifs is 4. The fourth-order valence-electron chi connectivity index (χ4n) is 9.80. The van der Waals surface area contributed by atoms with Gasteiger partial charge in [0.05, 0.1) is 11.0 Å². The maximum absolute atomic E-state index is 2.42. The molecule has 0 saturated heterocycles. The summed E-state index contributed by atoms with van der Waals surface area (Å²) in [5.41, 5.74) is 18.7. The summed E-state index contributed by atoms with van der Waals surface area (Å²) >= 11 is 0. The quantitative estimate of drug-likeness (QED) is 0.141. The molecule has 2 nitrogen and oxygen atoms in total. The van der Waals surface area contributed by atoms with Gasteiger partial charge in [0.25, 0.3) is 0 Å². The van der Waals surface area contributed by atoms with Gasteiger partial charge in [-0.2, -0.15) is 0 Å². The van der Waals surface area contributed by atoms with Gasteiger partial charge in [-0.3, -0.25) is 0 Å². The Hall–Kier alpha value is -8.72. The molecule has 0 atom stereocenters. The highest BCUT2D eigenvalue weighted by Gasteiger charge is 2.19. The van der Waals surface area contributed by atoms with E-state index < -0.39 is 0 Å². The van der Waals surface area contributed by atoms with Gasteiger partial charge < -0.3 is 9.47 Å². The van der Waals surface area contributed by atoms with Crippen molar-refractivity contribution in [1.29, 1.82) is 0 Å². The standard InChI is InChI=1S/C64H44N2/c1-4-16-45(17-5-1)47-30-36-54(37-31-47)65(55-38-32-48(33-39-55)52-35-41-58(49-19-6-2-7-20-49)61(44-52)50-21-8-3-9-22-50)56-25-14-24-53(43-56)59-27-15-29-63-64(59)60-26-12-13-28-62(60)66(63)57-40-34-46-18-10-11-23-51(46)42-57/h1-44H. The molecule has 0 N–H and O–H groups in total. The number of hydrogen-bond acceptors (Lipinski definition) is 1. The third-order valence-electron chi connectivity index (χ3n) is 13.0. The lowest BCUT2D eigenvalue weighted by Gasteiger charge is -2.26. The Morgan fingerprint density at radius 2 is 0.788 bits per heavy atom. The summed E-state index contributed by atoms with van der Waals surface area (Å²) in [6.07, 6.45) is 0. The first kappa shape index (κ1) is 38.9. The van der Waals surface area contributed by atoms with Crippen LogP contribution in [-0.2, 0) is 0 Å². The minimum absolute atomic E-state index is 1.08. The zero-order chi connectivity index (χ0) is 43.8. The summed E-state index contributed by atoms with van der Waals surface area (Å²) in [6, 6.07) is 96.8. The van der Waals surface area contributed by atoms with E-state index in [2.05, 4.69) is 276 Å². The molecular formula is C64H44N2. The summed E-state index contributed by atoms with van der Waals surface area (Å²) in [5.74, 6) is 0. The molecule has 0 spiro atoms. The van der Waals surface area contributed by atoms with Crippen molar-refractivity contribution >= 4 is 49.6 Å². The number of para-hydroxylation sites is 1. The van der Waals surface area contributed by atoms with Crippen LogP contribution >= 0.6 is 0 Å². The predicted molar refractivity (Wildman–Crippen MR) is 280 cm³/mol. The highest BCUT2D eigenvalue weighted by Crippen LogP contribution is 2.43. The summed E-state index contributed by atoms with van der Waals surface area (Å²) in [5, 5.41) is 4.95. The molecular weight excluding hydrogens is 797 g/mol. The van der Waals surface area contributed by atoms with Gasteiger partial charge in [0.2, 0.25) is 0 Å². The Kier molecular flexibility index (Phi) is 9.89. The van der Waals surface area contributed by atoms with Gasteiger partial charge in [0.1, 0.15) is 0 Å². The van der Waals surface area contributed by atoms with E-state index in [0.717, 1.165) is 33.9 Å². The topological polar surface area (TPSA) is 8.17 Å². The molecule has 0 unspecified atom stereocenters. The fraction of sp³-hybridized carbons (Fsp3) is 0. The lowest BCUT2D eigenvalue weighted by atomic mass is 9.91. The van der Waals surface area contributed by atoms with Crippen molar-refractivity contribution in [3.05, 3.63) is 267 Å². The lowest BCUT2D eigenvalue weighted by Crippen LogP contribution is -2.10. The molecule has 0 fully saturated rings. The van der Waals surface area contributed by atoms with E-state index in [9.17, 15) is 0 Å². The number of nitrogens with zero attached hydrogens (tertiary/aromatic N) is 2. The molecule has 310 valence electrons. The molecule has 0 aliphatic rings. The summed E-state index contributed by atoms with van der Waals surface area (Å²) in [4.78, 5) is 2.38. The van der Waals surface area contributed by atoms with E-state index >= 15 is 0 Å². The van der Waals surface area contributed by atoms with Gasteiger partial charge in [-0.15, -0.1) is 0 Å². The minimum Gasteiger partial charge on any atom is -0.310 e. The lowest BCUT2D eigenvalue weighted by molar-refractivity contribution is 1.19. The van der Waals surface area contributed by atoms with Gasteiger partial charge in [0, 0.05) is 33.5 Å². The van der Waals surface area contributed by atoms with Crippen molar-refractivity contribution < 1.29 is 0 Å². The summed E-state index contributed by atoms with van der Waals surface area (Å²) < 4.78 is 2.42. The molecule has 12 rings (SSSR count). The van der Waals surface area contributed by atoms with Crippen LogP contribution in [0.2, 0.25) is 0 Å². The van der Waals surface area contributed by atoms with Crippen molar-refractivity contribution in [2.24, 2.45) is 0 Å². The Morgan fingerprint density at radius 1 is 0.258 bits per heavy atom. The molecule has 0 aliphatic carbocycles. The molecule has 11 aromatic carbocycles. The Balaban J connectivity index is 0.973. The summed E-state index contributed by atoms with van der Waals surface area (Å²) in [7, 11) is 0. The van der Waals surface area contributed by atoms with Crippen LogP contribution in [0.15, 0.2) is 267 Å². The van der Waals surface area contributed by atoms with Gasteiger partial charge in [-0.25, -0.2) is 0 Å². The molecule has 0 bridgehead atoms. The van der Waals surface area contributed by atoms with Crippen LogP contribution in [0, 0.1) is 0 Å². The van der Waals surface area contributed by atoms with Crippen molar-refractivity contribution in [2.75, 3.05) is 4.90 Å². The van der Waals surface area contributed by atoms with Crippen LogP contribution in [0.1, 0.15) is 0 Å². The summed E-state index contributed by atoms with van der Waals surface area (Å²) in [6.45, 7) is 0. The van der Waals surface area contributed by atoms with Crippen LogP contribution in [0.4, 0.5) is 17.1 Å². The van der Waals surface area contributed by atoms with Crippen molar-refractivity contribution in [3.8, 4) is 61.3 Å². The number of aromatic nitrogens is 1. The van der Waals surface area contributed by atoms with E-state index in [-0.39, 0.29) is 0 Å². The normalized spacial score (nSPS) is 11.3. The van der Waals surface area contributed by atoms with E-state index in [1.54, 1.807) is 0 Å². The second-order valence-electron chi connectivity index (χ2n) is 16.9. The van der Waals surface area contributed by atoms with Gasteiger partial charge in [0.15, 0.2) is 0 Å². The maximum Gasteiger partial charge on any atom is 0.0547 e. The van der Waals surface area contributed by atoms with E-state index in [0.29, 0.717) is 0 Å². The molecule has 66 heavy (non-hydrogen) atoms. The monoisotopic (exact) mass is 840 g/mol. The Morgan fingerprint density at radius 3 is 1.50 bits per heavy atom. The third-order valence-corrected chi connectivity index (χ3v) is 13.0. The van der Waals surface area contributed by atoms with Gasteiger partial charge in [-0.05, 0) is 133 Å². The minimum atomic E-state index is 1.08. The van der Waals surface area contributed by atoms with Crippen LogP contribution in [-0.4, -0.2) is 4.57 Å². The van der Waals surface area contributed by atoms with Crippen LogP contribution in [0.25, 0.3) is 93.9 Å². The Labute approximate surface area is 385 Å². The predicted octanol–water partition coefficient (Wildman–Crippen LogP) is 17.7. The van der Waals surface area contributed by atoms with Crippen molar-refractivity contribution in [2.45, 2.75) is 0 Å². The molecule has 0 aliphatic heterocycles. The fourth-order valence-corrected chi connectivity index (χ4v) is 9.80. The second kappa shape index (κ2) is 16.8. The van der Waals surface area contributed by atoms with E-state index in [1.165, 1.54) is 77.1 Å². The molecule has 0 amide bonds. The van der Waals surface area contributed by atoms with Crippen LogP contribution in [0.3, 0.4) is 0 Å². The maximum atomic E-state index is 2.42. The largest absolute Gasteiger partial charge is 0.310 e. The average molecular weight is 841 g/mol. The highest BCUT2D eigenvalue weighted by atomic mass is 15.1. The average Bonchev–Trinajstić information content (AvgIpc) is 3.74. The molecule has 1 heterocycles. The molecule has 0 radical (unpaired) electrons. The van der Waals surface area contributed by atoms with E-state index in [4.69, 9.17) is 0 Å². The SMILES string of the molecule is c1ccc(-c2ccc(N(c3ccc(-c4ccc(-c5ccccc5)c(-c5ccccc5)c4)cc3)c3cccc(-c4cccc5c4c4ccccc4n5-c4ccc5ccccc5c4)c3)cc2)cc1. The first-order chi connectivity index (χ1) is 32.7. The number of rotatable bonds is 9. The first-order valence-corrected chi connectivity index (χ1v) is 22.7. The number of benzene rings is 11. The van der Waals surface area contributed by atoms with Crippen LogP contribution in [0.5, 0.6) is 0 Å². The number of hydrogen-bond donors (Lipinski definition) is 0. The molecule has 12 aromatic rings. The van der Waals surface area contributed by atoms with E-state index in [1.807, 2.05) is 0 Å².